The Morgan fingerprint density at radius 3 is 0.882 bits per heavy atom. The number of hydrogen-bond acceptors (Lipinski definition) is 8. The summed E-state index contributed by atoms with van der Waals surface area (Å²) < 4.78 is 3.89. The number of aliphatic hydroxyl groups excluding tert-OH is 2. The second kappa shape index (κ2) is 18.1. The summed E-state index contributed by atoms with van der Waals surface area (Å²) in [6.07, 6.45) is 20.8. The van der Waals surface area contributed by atoms with Crippen LogP contribution >= 0.6 is 63.7 Å². The molecule has 0 bridgehead atoms. The van der Waals surface area contributed by atoms with Gasteiger partial charge < -0.3 is 10.2 Å². The average Bonchev–Trinajstić information content (AvgIpc) is 4.33. The minimum Gasteiger partial charge on any atom is -0.393 e. The lowest BCUT2D eigenvalue weighted by Crippen LogP contribution is -2.41. The Balaban J connectivity index is 0.0000000970. The van der Waals surface area contributed by atoms with Gasteiger partial charge in [0.1, 0.15) is 11.6 Å². The van der Waals surface area contributed by atoms with Gasteiger partial charge in [0.25, 0.3) is 0 Å². The molecule has 12 aliphatic rings. The largest absolute Gasteiger partial charge is 0.393 e. The molecule has 12 heteroatoms. The van der Waals surface area contributed by atoms with Crippen molar-refractivity contribution in [2.45, 2.75) is 166 Å². The molecule has 8 spiro atoms. The van der Waals surface area contributed by atoms with Crippen molar-refractivity contribution in [1.82, 2.24) is 0 Å². The number of aliphatic hydroxyl groups is 2. The zero-order valence-electron chi connectivity index (χ0n) is 42.9. The molecule has 4 aromatic carbocycles. The first-order chi connectivity index (χ1) is 36.2. The predicted octanol–water partition coefficient (Wildman–Crippen LogP) is 14.4. The molecule has 0 aliphatic heterocycles. The molecular weight excluding hydrogens is 1220 g/mol. The number of hydrogen-bond donors (Lipinski definition) is 2. The SMILES string of the molecule is O=C1CC[C@@]2(Cc3ccc(Br)cc3C2=O)CC12CC2.O=C1CC[C@]2(Cc3ccc(Br)cc3C2=O)CC12CC2.O=C1c2cc(Br)ccc2C[C@@]12CC[C@H](O)C1(CC1)C2.O=C1c2cc(Br)ccc2C[C@]12CC[C@@H](O)C1(CC1)C2. The Bertz CT molecular complexity index is 3020. The van der Waals surface area contributed by atoms with E-state index in [-0.39, 0.29) is 67.1 Å². The molecular formula is C64H64Br4O8. The van der Waals surface area contributed by atoms with Gasteiger partial charge in [0.15, 0.2) is 23.1 Å². The third kappa shape index (κ3) is 8.54. The summed E-state index contributed by atoms with van der Waals surface area (Å²) in [6, 6.07) is 24.2. The van der Waals surface area contributed by atoms with Crippen LogP contribution in [0.4, 0.5) is 0 Å². The van der Waals surface area contributed by atoms with Gasteiger partial charge in [-0.3, -0.25) is 28.8 Å². The lowest BCUT2D eigenvalue weighted by atomic mass is 9.64. The number of carbonyl (C=O) groups excluding carboxylic acids is 6. The van der Waals surface area contributed by atoms with E-state index in [2.05, 4.69) is 88.0 Å². The van der Waals surface area contributed by atoms with E-state index in [1.54, 1.807) is 0 Å². The third-order valence-electron chi connectivity index (χ3n) is 21.6. The number of ketones is 6. The van der Waals surface area contributed by atoms with Gasteiger partial charge in [-0.1, -0.05) is 88.0 Å². The first-order valence-corrected chi connectivity index (χ1v) is 31.1. The van der Waals surface area contributed by atoms with Crippen LogP contribution in [0.5, 0.6) is 0 Å². The van der Waals surface area contributed by atoms with Crippen LogP contribution in [0.15, 0.2) is 90.7 Å². The van der Waals surface area contributed by atoms with Gasteiger partial charge in [0.2, 0.25) is 0 Å². The molecule has 76 heavy (non-hydrogen) atoms. The Kier molecular flexibility index (Phi) is 12.4. The van der Waals surface area contributed by atoms with Gasteiger partial charge in [0.05, 0.1) is 12.2 Å². The van der Waals surface area contributed by atoms with Crippen LogP contribution in [0.1, 0.15) is 192 Å². The molecule has 0 aromatic heterocycles. The first kappa shape index (κ1) is 52.1. The Hall–Kier alpha value is -3.26. The van der Waals surface area contributed by atoms with E-state index in [9.17, 15) is 39.0 Å². The van der Waals surface area contributed by atoms with Crippen LogP contribution in [-0.4, -0.2) is 57.1 Å². The molecule has 8 saturated carbocycles. The second-order valence-corrected chi connectivity index (χ2v) is 30.0. The number of Topliss-reactive ketones (excluding diaryl/α,β-unsaturated/α-hetero) is 6. The fraction of sp³-hybridized carbons (Fsp3) is 0.531. The van der Waals surface area contributed by atoms with E-state index in [0.29, 0.717) is 36.0 Å². The first-order valence-electron chi connectivity index (χ1n) is 27.9. The van der Waals surface area contributed by atoms with Gasteiger partial charge >= 0.3 is 0 Å². The molecule has 16 rings (SSSR count). The number of rotatable bonds is 0. The van der Waals surface area contributed by atoms with Gasteiger partial charge in [-0.2, -0.15) is 0 Å². The average molecular weight is 1280 g/mol. The highest BCUT2D eigenvalue weighted by Gasteiger charge is 2.64. The highest BCUT2D eigenvalue weighted by molar-refractivity contribution is 9.11. The minimum atomic E-state index is -0.270. The number of benzene rings is 4. The standard InChI is InChI=1S/2C16H17BrO2.2C16H15BrO2/c4*17-11-2-1-10-8-16(14(19)12(10)7-11)4-3-13(18)15(9-16)5-6-15/h2*1-2,7,13,18H,3-6,8-9H2;2*1-2,7H,3-6,8-9H2/t2*13-,16+;2*16-/m1010/s1. The fourth-order valence-electron chi connectivity index (χ4n) is 16.6. The maximum absolute atomic E-state index is 12.8. The minimum absolute atomic E-state index is 0.0766. The number of halogens is 4. The van der Waals surface area contributed by atoms with Crippen LogP contribution in [0.2, 0.25) is 0 Å². The zero-order valence-corrected chi connectivity index (χ0v) is 49.3. The van der Waals surface area contributed by atoms with Crippen LogP contribution in [0.25, 0.3) is 0 Å². The molecule has 0 saturated heterocycles. The second-order valence-electron chi connectivity index (χ2n) is 26.3. The molecule has 0 unspecified atom stereocenters. The summed E-state index contributed by atoms with van der Waals surface area (Å²) in [6.45, 7) is 0. The van der Waals surface area contributed by atoms with Crippen molar-refractivity contribution >= 4 is 98.4 Å². The summed E-state index contributed by atoms with van der Waals surface area (Å²) in [5.41, 5.74) is 7.24. The molecule has 0 amide bonds. The van der Waals surface area contributed by atoms with Crippen molar-refractivity contribution in [3.8, 4) is 0 Å². The summed E-state index contributed by atoms with van der Waals surface area (Å²) in [5, 5.41) is 20.3. The van der Waals surface area contributed by atoms with Crippen molar-refractivity contribution in [2.75, 3.05) is 0 Å². The van der Waals surface area contributed by atoms with Crippen LogP contribution < -0.4 is 0 Å². The van der Waals surface area contributed by atoms with Crippen molar-refractivity contribution in [2.24, 2.45) is 43.3 Å². The Morgan fingerprint density at radius 1 is 0.342 bits per heavy atom. The van der Waals surface area contributed by atoms with Gasteiger partial charge in [-0.25, -0.2) is 0 Å². The number of fused-ring (bicyclic) bond motifs is 4. The van der Waals surface area contributed by atoms with E-state index in [4.69, 9.17) is 0 Å². The summed E-state index contributed by atoms with van der Waals surface area (Å²) in [7, 11) is 0. The number of carbonyl (C=O) groups is 6. The fourth-order valence-corrected chi connectivity index (χ4v) is 18.1. The highest BCUT2D eigenvalue weighted by atomic mass is 79.9. The lowest BCUT2D eigenvalue weighted by molar-refractivity contribution is -0.129. The smallest absolute Gasteiger partial charge is 0.169 e. The van der Waals surface area contributed by atoms with Crippen molar-refractivity contribution in [3.05, 3.63) is 135 Å². The predicted molar refractivity (Wildman–Crippen MR) is 303 cm³/mol. The van der Waals surface area contributed by atoms with E-state index in [0.717, 1.165) is 181 Å². The molecule has 12 aliphatic carbocycles. The molecule has 4 aromatic rings. The molecule has 8 nitrogen and oxygen atoms in total. The summed E-state index contributed by atoms with van der Waals surface area (Å²) >= 11 is 13.8. The molecule has 6 atom stereocenters. The van der Waals surface area contributed by atoms with E-state index in [1.807, 2.05) is 48.5 Å². The summed E-state index contributed by atoms with van der Waals surface area (Å²) in [5.74, 6) is 2.01. The lowest BCUT2D eigenvalue weighted by Gasteiger charge is -2.40. The van der Waals surface area contributed by atoms with Gasteiger partial charge in [0, 0.05) is 85.5 Å². The monoisotopic (exact) mass is 1280 g/mol. The molecule has 0 heterocycles. The maximum Gasteiger partial charge on any atom is 0.169 e. The molecule has 8 fully saturated rings. The van der Waals surface area contributed by atoms with Crippen molar-refractivity contribution < 1.29 is 39.0 Å². The van der Waals surface area contributed by atoms with E-state index < -0.39 is 0 Å². The van der Waals surface area contributed by atoms with E-state index >= 15 is 0 Å². The maximum atomic E-state index is 12.8. The van der Waals surface area contributed by atoms with Gasteiger partial charge in [-0.15, -0.1) is 0 Å². The molecule has 2 N–H and O–H groups in total. The van der Waals surface area contributed by atoms with Crippen molar-refractivity contribution in [1.29, 1.82) is 0 Å². The Morgan fingerprint density at radius 2 is 0.618 bits per heavy atom. The quantitative estimate of drug-likeness (QED) is 0.177. The zero-order chi connectivity index (χ0) is 53.0. The van der Waals surface area contributed by atoms with Crippen LogP contribution in [0.3, 0.4) is 0 Å². The molecule has 0 radical (unpaired) electrons. The van der Waals surface area contributed by atoms with Crippen LogP contribution in [0, 0.1) is 43.3 Å². The normalized spacial score (nSPS) is 32.9. The van der Waals surface area contributed by atoms with Crippen molar-refractivity contribution in [3.63, 3.8) is 0 Å². The summed E-state index contributed by atoms with van der Waals surface area (Å²) in [4.78, 5) is 75.4. The highest BCUT2D eigenvalue weighted by Crippen LogP contribution is 2.66. The van der Waals surface area contributed by atoms with E-state index in [1.165, 1.54) is 22.3 Å². The molecule has 396 valence electrons. The Labute approximate surface area is 478 Å². The van der Waals surface area contributed by atoms with Gasteiger partial charge in [-0.05, 0) is 223 Å². The van der Waals surface area contributed by atoms with Crippen LogP contribution in [-0.2, 0) is 35.3 Å². The third-order valence-corrected chi connectivity index (χ3v) is 23.6. The topological polar surface area (TPSA) is 143 Å².